The number of amides is 2. The molecular weight excluding hydrogens is 332 g/mol. The van der Waals surface area contributed by atoms with Gasteiger partial charge in [0.05, 0.1) is 12.7 Å². The summed E-state index contributed by atoms with van der Waals surface area (Å²) in [6.07, 6.45) is 0. The lowest BCUT2D eigenvalue weighted by Crippen LogP contribution is -2.41. The van der Waals surface area contributed by atoms with Crippen LogP contribution in [0.4, 0.5) is 5.69 Å². The van der Waals surface area contributed by atoms with Gasteiger partial charge in [-0.3, -0.25) is 14.5 Å². The summed E-state index contributed by atoms with van der Waals surface area (Å²) < 4.78 is 4.64. The maximum absolute atomic E-state index is 12.6. The van der Waals surface area contributed by atoms with E-state index in [0.717, 1.165) is 5.56 Å². The van der Waals surface area contributed by atoms with Crippen molar-refractivity contribution >= 4 is 29.2 Å². The van der Waals surface area contributed by atoms with Gasteiger partial charge >= 0.3 is 5.97 Å². The SMILES string of the molecule is C=C1c2ccccc2C(=O)N1C(C)C(=O)Nc1ccc(C(=O)OC)cc1. The summed E-state index contributed by atoms with van der Waals surface area (Å²) in [5.74, 6) is -1.04. The number of benzene rings is 2. The highest BCUT2D eigenvalue weighted by atomic mass is 16.5. The Labute approximate surface area is 151 Å². The van der Waals surface area contributed by atoms with Gasteiger partial charge in [0.2, 0.25) is 5.91 Å². The topological polar surface area (TPSA) is 75.7 Å². The lowest BCUT2D eigenvalue weighted by Gasteiger charge is -2.24. The van der Waals surface area contributed by atoms with E-state index in [1.54, 1.807) is 43.3 Å². The Hall–Kier alpha value is -3.41. The Morgan fingerprint density at radius 1 is 1.08 bits per heavy atom. The first-order valence-electron chi connectivity index (χ1n) is 8.05. The third kappa shape index (κ3) is 2.97. The van der Waals surface area contributed by atoms with E-state index in [1.165, 1.54) is 12.0 Å². The molecule has 3 rings (SSSR count). The normalized spacial score (nSPS) is 14.0. The maximum atomic E-state index is 12.6. The highest BCUT2D eigenvalue weighted by Crippen LogP contribution is 2.33. The first-order valence-corrected chi connectivity index (χ1v) is 8.05. The molecule has 2 aromatic carbocycles. The van der Waals surface area contributed by atoms with Crippen LogP contribution in [0.5, 0.6) is 0 Å². The minimum Gasteiger partial charge on any atom is -0.465 e. The van der Waals surface area contributed by atoms with Crippen molar-refractivity contribution in [1.82, 2.24) is 4.90 Å². The van der Waals surface area contributed by atoms with Gasteiger partial charge < -0.3 is 10.1 Å². The Balaban J connectivity index is 1.74. The number of esters is 1. The van der Waals surface area contributed by atoms with Crippen molar-refractivity contribution in [3.8, 4) is 0 Å². The van der Waals surface area contributed by atoms with E-state index in [2.05, 4.69) is 16.6 Å². The fourth-order valence-corrected chi connectivity index (χ4v) is 2.88. The van der Waals surface area contributed by atoms with Crippen LogP contribution in [0.3, 0.4) is 0 Å². The molecule has 0 fully saturated rings. The average Bonchev–Trinajstić information content (AvgIpc) is 2.92. The van der Waals surface area contributed by atoms with E-state index in [9.17, 15) is 14.4 Å². The molecule has 0 bridgehead atoms. The van der Waals surface area contributed by atoms with Crippen LogP contribution in [0.1, 0.15) is 33.2 Å². The molecule has 0 saturated carbocycles. The Morgan fingerprint density at radius 3 is 2.27 bits per heavy atom. The van der Waals surface area contributed by atoms with Gasteiger partial charge in [0, 0.05) is 22.5 Å². The summed E-state index contributed by atoms with van der Waals surface area (Å²) in [5.41, 5.74) is 2.69. The molecule has 1 atom stereocenters. The Kier molecular flexibility index (Phi) is 4.58. The number of carbonyl (C=O) groups is 3. The molecule has 2 amide bonds. The molecule has 132 valence electrons. The second-order valence-corrected chi connectivity index (χ2v) is 5.90. The smallest absolute Gasteiger partial charge is 0.337 e. The summed E-state index contributed by atoms with van der Waals surface area (Å²) in [6.45, 7) is 5.60. The molecule has 0 saturated heterocycles. The van der Waals surface area contributed by atoms with Crippen LogP contribution in [-0.4, -0.2) is 35.8 Å². The summed E-state index contributed by atoms with van der Waals surface area (Å²) in [5, 5.41) is 2.74. The number of carbonyl (C=O) groups excluding carboxylic acids is 3. The number of fused-ring (bicyclic) bond motifs is 1. The lowest BCUT2D eigenvalue weighted by atomic mass is 10.1. The third-order valence-corrected chi connectivity index (χ3v) is 4.32. The zero-order chi connectivity index (χ0) is 18.8. The van der Waals surface area contributed by atoms with Crippen LogP contribution < -0.4 is 5.32 Å². The van der Waals surface area contributed by atoms with E-state index >= 15 is 0 Å². The highest BCUT2D eigenvalue weighted by molar-refractivity contribution is 6.11. The number of methoxy groups -OCH3 is 1. The van der Waals surface area contributed by atoms with Crippen molar-refractivity contribution in [1.29, 1.82) is 0 Å². The van der Waals surface area contributed by atoms with Gasteiger partial charge in [0.15, 0.2) is 0 Å². The molecule has 1 aliphatic rings. The van der Waals surface area contributed by atoms with Gasteiger partial charge in [0.1, 0.15) is 6.04 Å². The van der Waals surface area contributed by atoms with Crippen molar-refractivity contribution < 1.29 is 19.1 Å². The molecule has 0 spiro atoms. The molecule has 1 heterocycles. The van der Waals surface area contributed by atoms with Crippen molar-refractivity contribution in [2.45, 2.75) is 13.0 Å². The van der Waals surface area contributed by atoms with Gasteiger partial charge in [-0.05, 0) is 37.3 Å². The number of rotatable bonds is 4. The predicted molar refractivity (Wildman–Crippen MR) is 97.5 cm³/mol. The van der Waals surface area contributed by atoms with Crippen LogP contribution >= 0.6 is 0 Å². The van der Waals surface area contributed by atoms with Crippen molar-refractivity contribution in [3.05, 3.63) is 71.8 Å². The molecular formula is C20H18N2O4. The molecule has 0 aromatic heterocycles. The van der Waals surface area contributed by atoms with E-state index < -0.39 is 12.0 Å². The summed E-state index contributed by atoms with van der Waals surface area (Å²) >= 11 is 0. The van der Waals surface area contributed by atoms with Gasteiger partial charge in [0.25, 0.3) is 5.91 Å². The Bertz CT molecular complexity index is 867. The standard InChI is InChI=1S/C20H18N2O4/c1-12-16-6-4-5-7-17(16)19(24)22(12)13(2)18(23)21-15-10-8-14(9-11-15)20(25)26-3/h4-11,13H,1H2,2-3H3,(H,21,23). The van der Waals surface area contributed by atoms with E-state index in [-0.39, 0.29) is 11.8 Å². The number of ether oxygens (including phenoxy) is 1. The minimum atomic E-state index is -0.734. The number of nitrogens with one attached hydrogen (secondary N) is 1. The molecule has 2 aromatic rings. The van der Waals surface area contributed by atoms with Crippen LogP contribution in [0.25, 0.3) is 5.70 Å². The zero-order valence-electron chi connectivity index (χ0n) is 14.5. The molecule has 1 aliphatic heterocycles. The first kappa shape index (κ1) is 17.4. The van der Waals surface area contributed by atoms with Crippen molar-refractivity contribution in [2.24, 2.45) is 0 Å². The Morgan fingerprint density at radius 2 is 1.69 bits per heavy atom. The molecule has 6 heteroatoms. The van der Waals surface area contributed by atoms with Gasteiger partial charge in [-0.2, -0.15) is 0 Å². The van der Waals surface area contributed by atoms with E-state index in [0.29, 0.717) is 22.5 Å². The second kappa shape index (κ2) is 6.84. The van der Waals surface area contributed by atoms with E-state index in [4.69, 9.17) is 0 Å². The second-order valence-electron chi connectivity index (χ2n) is 5.90. The summed E-state index contributed by atoms with van der Waals surface area (Å²) in [6, 6.07) is 12.7. The monoisotopic (exact) mass is 350 g/mol. The number of anilines is 1. The van der Waals surface area contributed by atoms with E-state index in [1.807, 2.05) is 12.1 Å². The summed E-state index contributed by atoms with van der Waals surface area (Å²) in [4.78, 5) is 38.0. The largest absolute Gasteiger partial charge is 0.465 e. The number of hydrogen-bond acceptors (Lipinski definition) is 4. The van der Waals surface area contributed by atoms with Crippen molar-refractivity contribution in [3.63, 3.8) is 0 Å². The maximum Gasteiger partial charge on any atom is 0.337 e. The molecule has 6 nitrogen and oxygen atoms in total. The van der Waals surface area contributed by atoms with Gasteiger partial charge in [-0.1, -0.05) is 24.8 Å². The van der Waals surface area contributed by atoms with Crippen LogP contribution in [0.15, 0.2) is 55.1 Å². The van der Waals surface area contributed by atoms with Gasteiger partial charge in [-0.15, -0.1) is 0 Å². The third-order valence-electron chi connectivity index (χ3n) is 4.32. The fraction of sp³-hybridized carbons (Fsp3) is 0.150. The average molecular weight is 350 g/mol. The summed E-state index contributed by atoms with van der Waals surface area (Å²) in [7, 11) is 1.30. The lowest BCUT2D eigenvalue weighted by molar-refractivity contribution is -0.119. The van der Waals surface area contributed by atoms with Gasteiger partial charge in [-0.25, -0.2) is 4.79 Å². The molecule has 26 heavy (non-hydrogen) atoms. The quantitative estimate of drug-likeness (QED) is 0.860. The fourth-order valence-electron chi connectivity index (χ4n) is 2.88. The van der Waals surface area contributed by atoms with Crippen molar-refractivity contribution in [2.75, 3.05) is 12.4 Å². The zero-order valence-corrected chi connectivity index (χ0v) is 14.5. The number of nitrogens with zero attached hydrogens (tertiary/aromatic N) is 1. The number of hydrogen-bond donors (Lipinski definition) is 1. The molecule has 1 unspecified atom stereocenters. The first-order chi connectivity index (χ1) is 12.4. The van der Waals surface area contributed by atoms with Crippen LogP contribution in [-0.2, 0) is 9.53 Å². The molecule has 1 N–H and O–H groups in total. The highest BCUT2D eigenvalue weighted by Gasteiger charge is 2.36. The van der Waals surface area contributed by atoms with Crippen LogP contribution in [0.2, 0.25) is 0 Å². The predicted octanol–water partition coefficient (Wildman–Crippen LogP) is 2.93. The minimum absolute atomic E-state index is 0.241. The molecule has 0 radical (unpaired) electrons. The molecule has 0 aliphatic carbocycles. The van der Waals surface area contributed by atoms with Crippen LogP contribution in [0, 0.1) is 0 Å².